The molecular weight excluding hydrogens is 887 g/mol. The molecule has 358 valence electrons. The first kappa shape index (κ1) is 47.9. The van der Waals surface area contributed by atoms with E-state index in [1.54, 1.807) is 60.6 Å². The standard InChI is InChI=1S/C49H59N11O7S/c1-29-7-6-17-58(29)25-41-55-37-14-13-35(20-38(37)56-41)54-46(64)33-12-15-39-34(19-33)23-53-60(39)18-16-50-42(62)26-67-27-43(63)57-45(49(3,4)5)48(66)59-24-36(61)21-40(59)47(65)51-22-31-8-10-32(11-9-31)44-30(2)52-28-68-44/h8-15,19-20,23,28-29,36,40,45,61H,6-7,16-18,21-22,24-27H2,1-5H3,(H,50,62)(H,51,65)(H,54,64)(H,55,56)(H,57,63)/t29-,36+,40-,45?/m0/s1. The van der Waals surface area contributed by atoms with Crippen LogP contribution in [0, 0.1) is 12.3 Å². The summed E-state index contributed by atoms with van der Waals surface area (Å²) < 4.78 is 7.14. The van der Waals surface area contributed by atoms with Gasteiger partial charge in [0.1, 0.15) is 31.1 Å². The molecule has 6 N–H and O–H groups in total. The van der Waals surface area contributed by atoms with E-state index in [1.807, 2.05) is 55.5 Å². The number of β-amino-alcohol motifs (C(OH)–C–C–N with tert-alkyl or cyclic N) is 1. The number of rotatable bonds is 17. The number of aliphatic hydroxyl groups is 1. The van der Waals surface area contributed by atoms with Crippen LogP contribution in [0.3, 0.4) is 0 Å². The van der Waals surface area contributed by atoms with Crippen molar-refractivity contribution in [2.75, 3.05) is 38.2 Å². The fourth-order valence-corrected chi connectivity index (χ4v) is 9.62. The van der Waals surface area contributed by atoms with Crippen molar-refractivity contribution in [1.29, 1.82) is 0 Å². The highest BCUT2D eigenvalue weighted by molar-refractivity contribution is 7.13. The number of aromatic nitrogens is 5. The monoisotopic (exact) mass is 945 g/mol. The minimum absolute atomic E-state index is 0.0597. The van der Waals surface area contributed by atoms with E-state index >= 15 is 0 Å². The van der Waals surface area contributed by atoms with Crippen LogP contribution in [-0.2, 0) is 43.5 Å². The number of H-pyrrole nitrogens is 1. The number of aryl methyl sites for hydroxylation is 1. The van der Waals surface area contributed by atoms with Gasteiger partial charge >= 0.3 is 0 Å². The molecule has 2 fully saturated rings. The maximum Gasteiger partial charge on any atom is 0.255 e. The van der Waals surface area contributed by atoms with Crippen molar-refractivity contribution in [2.24, 2.45) is 5.41 Å². The van der Waals surface area contributed by atoms with Crippen LogP contribution in [0.2, 0.25) is 0 Å². The lowest BCUT2D eigenvalue weighted by Crippen LogP contribution is -2.58. The van der Waals surface area contributed by atoms with E-state index in [1.165, 1.54) is 17.7 Å². The number of fused-ring (bicyclic) bond motifs is 2. The summed E-state index contributed by atoms with van der Waals surface area (Å²) in [5.74, 6) is -1.33. The van der Waals surface area contributed by atoms with Crippen molar-refractivity contribution in [3.05, 3.63) is 95.0 Å². The van der Waals surface area contributed by atoms with Gasteiger partial charge in [0.2, 0.25) is 23.6 Å². The van der Waals surface area contributed by atoms with E-state index in [2.05, 4.69) is 48.2 Å². The summed E-state index contributed by atoms with van der Waals surface area (Å²) in [4.78, 5) is 83.8. The second-order valence-electron chi connectivity index (χ2n) is 18.8. The van der Waals surface area contributed by atoms with Crippen LogP contribution in [0.1, 0.15) is 74.4 Å². The van der Waals surface area contributed by atoms with Gasteiger partial charge in [0.15, 0.2) is 0 Å². The van der Waals surface area contributed by atoms with E-state index in [0.717, 1.165) is 62.5 Å². The third-order valence-corrected chi connectivity index (χ3v) is 13.5. The third-order valence-electron chi connectivity index (χ3n) is 12.6. The Balaban J connectivity index is 0.768. The van der Waals surface area contributed by atoms with Crippen molar-refractivity contribution >= 4 is 68.5 Å². The topological polar surface area (TPSA) is 229 Å². The number of thiazole rings is 1. The van der Waals surface area contributed by atoms with Gasteiger partial charge in [-0.2, -0.15) is 5.10 Å². The van der Waals surface area contributed by atoms with Crippen LogP contribution in [0.25, 0.3) is 32.4 Å². The molecule has 2 aliphatic heterocycles. The molecule has 19 heteroatoms. The highest BCUT2D eigenvalue weighted by atomic mass is 32.1. The Morgan fingerprint density at radius 2 is 1.79 bits per heavy atom. The molecule has 3 aromatic heterocycles. The summed E-state index contributed by atoms with van der Waals surface area (Å²) in [6.07, 6.45) is 3.21. The zero-order valence-electron chi connectivity index (χ0n) is 39.0. The molecule has 68 heavy (non-hydrogen) atoms. The number of likely N-dealkylation sites (tertiary alicyclic amines) is 2. The molecule has 8 rings (SSSR count). The van der Waals surface area contributed by atoms with Gasteiger partial charge in [-0.25, -0.2) is 9.97 Å². The van der Waals surface area contributed by atoms with Gasteiger partial charge in [0, 0.05) is 48.7 Å². The molecule has 1 unspecified atom stereocenters. The lowest BCUT2D eigenvalue weighted by Gasteiger charge is -2.35. The van der Waals surface area contributed by atoms with Crippen molar-refractivity contribution in [1.82, 2.24) is 50.5 Å². The van der Waals surface area contributed by atoms with E-state index in [9.17, 15) is 29.1 Å². The number of hydrogen-bond acceptors (Lipinski definition) is 12. The van der Waals surface area contributed by atoms with Gasteiger partial charge in [0.05, 0.1) is 58.0 Å². The Morgan fingerprint density at radius 3 is 2.53 bits per heavy atom. The summed E-state index contributed by atoms with van der Waals surface area (Å²) in [6.45, 7) is 11.2. The second kappa shape index (κ2) is 20.8. The van der Waals surface area contributed by atoms with Gasteiger partial charge in [-0.05, 0) is 86.2 Å². The van der Waals surface area contributed by atoms with Crippen LogP contribution in [0.15, 0.2) is 72.4 Å². The number of aromatic amines is 1. The Kier molecular flexibility index (Phi) is 14.6. The minimum Gasteiger partial charge on any atom is -0.391 e. The van der Waals surface area contributed by atoms with Crippen LogP contribution in [-0.4, -0.2) is 126 Å². The number of imidazole rings is 1. The fourth-order valence-electron chi connectivity index (χ4n) is 8.81. The number of aliphatic hydroxyl groups excluding tert-OH is 1. The van der Waals surface area contributed by atoms with Gasteiger partial charge in [-0.3, -0.25) is 33.6 Å². The van der Waals surface area contributed by atoms with Crippen LogP contribution in [0.4, 0.5) is 5.69 Å². The first-order valence-electron chi connectivity index (χ1n) is 23.0. The average Bonchev–Trinajstić information content (AvgIpc) is 4.17. The Hall–Kier alpha value is -6.54. The molecule has 0 spiro atoms. The molecular formula is C49H59N11O7S. The zero-order chi connectivity index (χ0) is 48.1. The number of ether oxygens (including phenoxy) is 1. The zero-order valence-corrected chi connectivity index (χ0v) is 39.8. The molecule has 18 nitrogen and oxygen atoms in total. The quantitative estimate of drug-likeness (QED) is 0.0745. The third kappa shape index (κ3) is 11.4. The first-order valence-corrected chi connectivity index (χ1v) is 23.9. The van der Waals surface area contributed by atoms with E-state index in [4.69, 9.17) is 9.72 Å². The van der Waals surface area contributed by atoms with Crippen molar-refractivity contribution in [3.8, 4) is 10.4 Å². The number of hydrogen-bond donors (Lipinski definition) is 6. The average molecular weight is 946 g/mol. The predicted octanol–water partition coefficient (Wildman–Crippen LogP) is 4.52. The Bertz CT molecular complexity index is 2800. The predicted molar refractivity (Wildman–Crippen MR) is 258 cm³/mol. The molecule has 4 atom stereocenters. The fraction of sp³-hybridized carbons (Fsp3) is 0.429. The molecule has 2 aliphatic rings. The largest absolute Gasteiger partial charge is 0.391 e. The summed E-state index contributed by atoms with van der Waals surface area (Å²) >= 11 is 1.56. The van der Waals surface area contributed by atoms with Crippen LogP contribution >= 0.6 is 11.3 Å². The van der Waals surface area contributed by atoms with Crippen LogP contribution in [0.5, 0.6) is 0 Å². The Morgan fingerprint density at radius 1 is 1.00 bits per heavy atom. The normalized spacial score (nSPS) is 18.0. The first-order chi connectivity index (χ1) is 32.6. The summed E-state index contributed by atoms with van der Waals surface area (Å²) in [6, 6.07) is 17.3. The second-order valence-corrected chi connectivity index (χ2v) is 19.6. The molecule has 0 radical (unpaired) electrons. The highest BCUT2D eigenvalue weighted by Crippen LogP contribution is 2.29. The molecule has 2 saturated heterocycles. The lowest BCUT2D eigenvalue weighted by molar-refractivity contribution is -0.145. The highest BCUT2D eigenvalue weighted by Gasteiger charge is 2.44. The maximum absolute atomic E-state index is 14.0. The summed E-state index contributed by atoms with van der Waals surface area (Å²) in [7, 11) is 0. The molecule has 0 aliphatic carbocycles. The number of carbonyl (C=O) groups is 5. The van der Waals surface area contributed by atoms with E-state index in [0.29, 0.717) is 23.8 Å². The summed E-state index contributed by atoms with van der Waals surface area (Å²) in [5, 5.41) is 27.2. The number of amides is 5. The lowest BCUT2D eigenvalue weighted by atomic mass is 9.85. The number of nitrogens with zero attached hydrogens (tertiary/aromatic N) is 6. The van der Waals surface area contributed by atoms with Gasteiger partial charge in [0.25, 0.3) is 5.91 Å². The van der Waals surface area contributed by atoms with E-state index in [-0.39, 0.29) is 32.0 Å². The van der Waals surface area contributed by atoms with Crippen molar-refractivity contribution in [2.45, 2.75) is 97.7 Å². The van der Waals surface area contributed by atoms with Crippen molar-refractivity contribution < 1.29 is 33.8 Å². The van der Waals surface area contributed by atoms with Gasteiger partial charge in [-0.1, -0.05) is 45.0 Å². The molecule has 5 amide bonds. The number of benzene rings is 3. The minimum atomic E-state index is -1.05. The molecule has 3 aromatic carbocycles. The van der Waals surface area contributed by atoms with E-state index < -0.39 is 60.4 Å². The maximum atomic E-state index is 14.0. The van der Waals surface area contributed by atoms with Gasteiger partial charge < -0.3 is 41.0 Å². The molecule has 6 aromatic rings. The number of nitrogens with one attached hydrogen (secondary N) is 5. The van der Waals surface area contributed by atoms with Gasteiger partial charge in [-0.15, -0.1) is 11.3 Å². The number of anilines is 1. The smallest absolute Gasteiger partial charge is 0.255 e. The SMILES string of the molecule is Cc1ncsc1-c1ccc(CNC(=O)[C@@H]2C[C@@H](O)CN2C(=O)C(NC(=O)COCC(=O)NCCn2ncc3cc(C(=O)Nc4ccc5[nH]c(CN6CCC[C@@H]6C)nc5c4)ccc32)C(C)(C)C)cc1. The summed E-state index contributed by atoms with van der Waals surface area (Å²) in [5.41, 5.74) is 7.49. The molecule has 0 saturated carbocycles. The number of carbonyl (C=O) groups excluding carboxylic acids is 5. The molecule has 5 heterocycles. The van der Waals surface area contributed by atoms with Crippen molar-refractivity contribution in [3.63, 3.8) is 0 Å². The Labute approximate surface area is 398 Å². The molecule has 0 bridgehead atoms. The van der Waals surface area contributed by atoms with Crippen LogP contribution < -0.4 is 21.3 Å².